The summed E-state index contributed by atoms with van der Waals surface area (Å²) in [7, 11) is 0. The normalized spacial score (nSPS) is 15.0. The van der Waals surface area contributed by atoms with Crippen LogP contribution < -0.4 is 5.32 Å². The van der Waals surface area contributed by atoms with Crippen LogP contribution in [0.2, 0.25) is 0 Å². The summed E-state index contributed by atoms with van der Waals surface area (Å²) in [4.78, 5) is 12.5. The summed E-state index contributed by atoms with van der Waals surface area (Å²) in [5, 5.41) is 11.0. The molecule has 1 saturated carbocycles. The number of rotatable bonds is 5. The van der Waals surface area contributed by atoms with E-state index >= 15 is 0 Å². The van der Waals surface area contributed by atoms with Crippen LogP contribution in [0.15, 0.2) is 36.7 Å². The second-order valence-electron chi connectivity index (χ2n) is 6.06. The van der Waals surface area contributed by atoms with Crippen LogP contribution >= 0.6 is 0 Å². The molecule has 1 aliphatic carbocycles. The van der Waals surface area contributed by atoms with Gasteiger partial charge in [-0.05, 0) is 32.3 Å². The number of benzene rings is 1. The fourth-order valence-corrected chi connectivity index (χ4v) is 2.42. The highest BCUT2D eigenvalue weighted by Crippen LogP contribution is 2.35. The molecular weight excluding hydrogens is 264 g/mol. The first-order valence-electron chi connectivity index (χ1n) is 7.31. The monoisotopic (exact) mass is 284 g/mol. The summed E-state index contributed by atoms with van der Waals surface area (Å²) in [6, 6.07) is 10.3. The molecule has 1 amide bonds. The molecule has 1 heterocycles. The molecule has 0 spiro atoms. The molecule has 5 heteroatoms. The topological polar surface area (TPSA) is 59.8 Å². The van der Waals surface area contributed by atoms with Gasteiger partial charge < -0.3 is 9.88 Å². The van der Waals surface area contributed by atoms with Gasteiger partial charge in [0.25, 0.3) is 0 Å². The quantitative estimate of drug-likeness (QED) is 0.915. The number of nitrogens with zero attached hydrogens (tertiary/aromatic N) is 3. The van der Waals surface area contributed by atoms with E-state index in [0.717, 1.165) is 11.4 Å². The predicted molar refractivity (Wildman–Crippen MR) is 79.6 cm³/mol. The highest BCUT2D eigenvalue weighted by molar-refractivity contribution is 5.87. The summed E-state index contributed by atoms with van der Waals surface area (Å²) in [6.45, 7) is 4.29. The van der Waals surface area contributed by atoms with Gasteiger partial charge in [-0.3, -0.25) is 4.79 Å². The Morgan fingerprint density at radius 3 is 2.71 bits per heavy atom. The van der Waals surface area contributed by atoms with E-state index in [-0.39, 0.29) is 5.91 Å². The maximum atomic E-state index is 12.5. The third-order valence-corrected chi connectivity index (χ3v) is 4.06. The zero-order chi connectivity index (χ0) is 14.9. The molecule has 1 aromatic carbocycles. The number of hydrogen-bond acceptors (Lipinski definition) is 3. The van der Waals surface area contributed by atoms with E-state index < -0.39 is 5.41 Å². The van der Waals surface area contributed by atoms with E-state index in [1.54, 1.807) is 6.33 Å². The van der Waals surface area contributed by atoms with E-state index in [0.29, 0.717) is 12.6 Å². The van der Waals surface area contributed by atoms with Gasteiger partial charge in [-0.1, -0.05) is 30.3 Å². The van der Waals surface area contributed by atoms with Crippen LogP contribution in [0.1, 0.15) is 44.1 Å². The van der Waals surface area contributed by atoms with E-state index in [1.165, 1.54) is 12.8 Å². The van der Waals surface area contributed by atoms with Crippen molar-refractivity contribution in [2.24, 2.45) is 0 Å². The van der Waals surface area contributed by atoms with E-state index in [4.69, 9.17) is 0 Å². The minimum Gasteiger partial charge on any atom is -0.348 e. The van der Waals surface area contributed by atoms with E-state index in [9.17, 15) is 4.79 Å². The minimum atomic E-state index is -0.564. The van der Waals surface area contributed by atoms with Crippen molar-refractivity contribution in [1.29, 1.82) is 0 Å². The number of aromatic nitrogens is 3. The van der Waals surface area contributed by atoms with Gasteiger partial charge in [-0.2, -0.15) is 0 Å². The number of carbonyl (C=O) groups is 1. The van der Waals surface area contributed by atoms with Crippen molar-refractivity contribution in [3.8, 4) is 0 Å². The third-order valence-electron chi connectivity index (χ3n) is 4.06. The largest absolute Gasteiger partial charge is 0.348 e. The second-order valence-corrected chi connectivity index (χ2v) is 6.06. The first-order valence-corrected chi connectivity index (χ1v) is 7.31. The molecule has 0 unspecified atom stereocenters. The summed E-state index contributed by atoms with van der Waals surface area (Å²) < 4.78 is 2.07. The summed E-state index contributed by atoms with van der Waals surface area (Å²) >= 11 is 0. The number of carbonyl (C=O) groups excluding carboxylic acids is 1. The Bertz CT molecular complexity index is 629. The molecule has 0 atom stereocenters. The van der Waals surface area contributed by atoms with Crippen LogP contribution in [0.25, 0.3) is 0 Å². The van der Waals surface area contributed by atoms with Crippen molar-refractivity contribution in [2.45, 2.75) is 44.7 Å². The standard InChI is InChI=1S/C16H20N4O/c1-16(2,12-6-4-3-5-7-12)15(21)17-10-14-19-18-11-20(14)13-8-9-13/h3-7,11,13H,8-10H2,1-2H3,(H,17,21). The molecule has 110 valence electrons. The van der Waals surface area contributed by atoms with Crippen LogP contribution in [0.5, 0.6) is 0 Å². The molecule has 1 aliphatic rings. The fraction of sp³-hybridized carbons (Fsp3) is 0.438. The first kappa shape index (κ1) is 13.8. The van der Waals surface area contributed by atoms with Crippen LogP contribution in [-0.2, 0) is 16.8 Å². The zero-order valence-electron chi connectivity index (χ0n) is 12.4. The van der Waals surface area contributed by atoms with Gasteiger partial charge >= 0.3 is 0 Å². The molecular formula is C16H20N4O. The predicted octanol–water partition coefficient (Wildman–Crippen LogP) is 2.21. The summed E-state index contributed by atoms with van der Waals surface area (Å²) in [6.07, 6.45) is 4.10. The summed E-state index contributed by atoms with van der Waals surface area (Å²) in [5.41, 5.74) is 0.442. The average Bonchev–Trinajstić information content (AvgIpc) is 3.24. The highest BCUT2D eigenvalue weighted by Gasteiger charge is 2.30. The van der Waals surface area contributed by atoms with Crippen molar-refractivity contribution in [3.05, 3.63) is 48.0 Å². The van der Waals surface area contributed by atoms with Crippen LogP contribution in [-0.4, -0.2) is 20.7 Å². The molecule has 5 nitrogen and oxygen atoms in total. The molecule has 0 radical (unpaired) electrons. The van der Waals surface area contributed by atoms with Gasteiger partial charge in [0.05, 0.1) is 12.0 Å². The van der Waals surface area contributed by atoms with Crippen molar-refractivity contribution in [1.82, 2.24) is 20.1 Å². The van der Waals surface area contributed by atoms with Gasteiger partial charge in [0, 0.05) is 6.04 Å². The minimum absolute atomic E-state index is 0.000882. The molecule has 0 bridgehead atoms. The van der Waals surface area contributed by atoms with Gasteiger partial charge in [-0.25, -0.2) is 0 Å². The maximum Gasteiger partial charge on any atom is 0.230 e. The van der Waals surface area contributed by atoms with Crippen molar-refractivity contribution < 1.29 is 4.79 Å². The number of amides is 1. The van der Waals surface area contributed by atoms with Crippen LogP contribution in [0, 0.1) is 0 Å². The smallest absolute Gasteiger partial charge is 0.230 e. The zero-order valence-corrected chi connectivity index (χ0v) is 12.4. The molecule has 3 rings (SSSR count). The Kier molecular flexibility index (Phi) is 3.49. The molecule has 0 saturated heterocycles. The SMILES string of the molecule is CC(C)(C(=O)NCc1nncn1C1CC1)c1ccccc1. The summed E-state index contributed by atoms with van der Waals surface area (Å²) in [5.74, 6) is 0.828. The maximum absolute atomic E-state index is 12.5. The second kappa shape index (κ2) is 5.31. The number of hydrogen-bond donors (Lipinski definition) is 1. The van der Waals surface area contributed by atoms with Gasteiger partial charge in [0.15, 0.2) is 5.82 Å². The van der Waals surface area contributed by atoms with Crippen molar-refractivity contribution in [3.63, 3.8) is 0 Å². The van der Waals surface area contributed by atoms with E-state index in [1.807, 2.05) is 44.2 Å². The lowest BCUT2D eigenvalue weighted by Crippen LogP contribution is -2.40. The lowest BCUT2D eigenvalue weighted by molar-refractivity contribution is -0.125. The molecule has 0 aliphatic heterocycles. The lowest BCUT2D eigenvalue weighted by Gasteiger charge is -2.24. The third kappa shape index (κ3) is 2.82. The van der Waals surface area contributed by atoms with Crippen LogP contribution in [0.4, 0.5) is 0 Å². The van der Waals surface area contributed by atoms with Gasteiger partial charge in [0.2, 0.25) is 5.91 Å². The molecule has 1 aromatic heterocycles. The van der Waals surface area contributed by atoms with Gasteiger partial charge in [-0.15, -0.1) is 10.2 Å². The van der Waals surface area contributed by atoms with Crippen molar-refractivity contribution in [2.75, 3.05) is 0 Å². The van der Waals surface area contributed by atoms with E-state index in [2.05, 4.69) is 20.1 Å². The first-order chi connectivity index (χ1) is 10.1. The fourth-order valence-electron chi connectivity index (χ4n) is 2.42. The lowest BCUT2D eigenvalue weighted by atomic mass is 9.84. The number of nitrogens with one attached hydrogen (secondary N) is 1. The highest BCUT2D eigenvalue weighted by atomic mass is 16.2. The molecule has 2 aromatic rings. The Hall–Kier alpha value is -2.17. The molecule has 21 heavy (non-hydrogen) atoms. The van der Waals surface area contributed by atoms with Crippen LogP contribution in [0.3, 0.4) is 0 Å². The Labute approximate surface area is 124 Å². The Morgan fingerprint density at radius 1 is 1.33 bits per heavy atom. The molecule has 1 N–H and O–H groups in total. The molecule has 1 fully saturated rings. The van der Waals surface area contributed by atoms with Crippen molar-refractivity contribution >= 4 is 5.91 Å². The van der Waals surface area contributed by atoms with Gasteiger partial charge in [0.1, 0.15) is 6.33 Å². The average molecular weight is 284 g/mol. The Balaban J connectivity index is 1.67. The Morgan fingerprint density at radius 2 is 2.05 bits per heavy atom.